The van der Waals surface area contributed by atoms with Gasteiger partial charge in [-0.25, -0.2) is 4.79 Å². The second-order valence-corrected chi connectivity index (χ2v) is 6.35. The number of thiophene rings is 1. The van der Waals surface area contributed by atoms with Crippen LogP contribution < -0.4 is 5.32 Å². The SMILES string of the molecule is O=C(NCCC=Cc1ccc2ccsc2c1)OCc1ccccc1. The number of hydrogen-bond acceptors (Lipinski definition) is 3. The number of fused-ring (bicyclic) bond motifs is 1. The summed E-state index contributed by atoms with van der Waals surface area (Å²) in [5.74, 6) is 0. The third-order valence-corrected chi connectivity index (χ3v) is 4.46. The molecule has 1 aromatic heterocycles. The standard InChI is InChI=1S/C20H19NO2S/c22-20(23-15-17-7-2-1-3-8-17)21-12-5-4-6-16-9-10-18-11-13-24-19(18)14-16/h1-4,6-11,13-14H,5,12,15H2,(H,21,22). The molecule has 0 bridgehead atoms. The quantitative estimate of drug-likeness (QED) is 0.625. The first-order valence-electron chi connectivity index (χ1n) is 7.89. The molecule has 0 unspecified atom stereocenters. The van der Waals surface area contributed by atoms with Gasteiger partial charge < -0.3 is 10.1 Å². The van der Waals surface area contributed by atoms with Gasteiger partial charge in [0.2, 0.25) is 0 Å². The Hall–Kier alpha value is -2.59. The molecule has 2 aromatic carbocycles. The Morgan fingerprint density at radius 2 is 2.00 bits per heavy atom. The molecule has 24 heavy (non-hydrogen) atoms. The van der Waals surface area contributed by atoms with E-state index < -0.39 is 0 Å². The fraction of sp³-hybridized carbons (Fsp3) is 0.150. The second-order valence-electron chi connectivity index (χ2n) is 5.40. The molecule has 1 amide bonds. The van der Waals surface area contributed by atoms with Gasteiger partial charge in [0, 0.05) is 11.2 Å². The lowest BCUT2D eigenvalue weighted by Crippen LogP contribution is -2.24. The molecule has 3 aromatic rings. The van der Waals surface area contributed by atoms with Crippen molar-refractivity contribution in [1.82, 2.24) is 5.32 Å². The van der Waals surface area contributed by atoms with Crippen LogP contribution in [0, 0.1) is 0 Å². The minimum absolute atomic E-state index is 0.295. The van der Waals surface area contributed by atoms with Gasteiger partial charge >= 0.3 is 6.09 Å². The van der Waals surface area contributed by atoms with Crippen molar-refractivity contribution in [3.8, 4) is 0 Å². The zero-order valence-electron chi connectivity index (χ0n) is 13.3. The van der Waals surface area contributed by atoms with E-state index in [-0.39, 0.29) is 6.09 Å². The molecular formula is C20H19NO2S. The van der Waals surface area contributed by atoms with Gasteiger partial charge in [0.1, 0.15) is 6.61 Å². The summed E-state index contributed by atoms with van der Waals surface area (Å²) < 4.78 is 6.45. The highest BCUT2D eigenvalue weighted by Crippen LogP contribution is 2.22. The number of ether oxygens (including phenoxy) is 1. The summed E-state index contributed by atoms with van der Waals surface area (Å²) in [6, 6.07) is 18.2. The average molecular weight is 337 g/mol. The molecule has 4 heteroatoms. The monoisotopic (exact) mass is 337 g/mol. The Morgan fingerprint density at radius 1 is 1.12 bits per heavy atom. The number of nitrogens with one attached hydrogen (secondary N) is 1. The van der Waals surface area contributed by atoms with E-state index in [9.17, 15) is 4.79 Å². The zero-order chi connectivity index (χ0) is 16.6. The van der Waals surface area contributed by atoms with E-state index >= 15 is 0 Å². The predicted octanol–water partition coefficient (Wildman–Crippen LogP) is 5.23. The van der Waals surface area contributed by atoms with Gasteiger partial charge in [-0.2, -0.15) is 0 Å². The first-order valence-corrected chi connectivity index (χ1v) is 8.77. The van der Waals surface area contributed by atoms with Gasteiger partial charge in [-0.1, -0.05) is 54.6 Å². The minimum Gasteiger partial charge on any atom is -0.445 e. The number of carbonyl (C=O) groups is 1. The molecule has 0 spiro atoms. The minimum atomic E-state index is -0.382. The van der Waals surface area contributed by atoms with Crippen molar-refractivity contribution < 1.29 is 9.53 Å². The Balaban J connectivity index is 1.37. The highest BCUT2D eigenvalue weighted by Gasteiger charge is 2.00. The van der Waals surface area contributed by atoms with Gasteiger partial charge in [-0.15, -0.1) is 11.3 Å². The summed E-state index contributed by atoms with van der Waals surface area (Å²) in [5, 5.41) is 6.13. The molecule has 0 atom stereocenters. The number of hydrogen-bond donors (Lipinski definition) is 1. The molecule has 3 rings (SSSR count). The molecule has 122 valence electrons. The van der Waals surface area contributed by atoms with E-state index in [0.29, 0.717) is 13.2 Å². The maximum atomic E-state index is 11.6. The van der Waals surface area contributed by atoms with E-state index in [0.717, 1.165) is 12.0 Å². The first-order chi connectivity index (χ1) is 11.8. The van der Waals surface area contributed by atoms with Crippen molar-refractivity contribution in [2.75, 3.05) is 6.54 Å². The van der Waals surface area contributed by atoms with Crippen LogP contribution >= 0.6 is 11.3 Å². The van der Waals surface area contributed by atoms with Gasteiger partial charge in [0.25, 0.3) is 0 Å². The first kappa shape index (κ1) is 16.3. The molecule has 0 saturated heterocycles. The number of amides is 1. The molecule has 0 saturated carbocycles. The summed E-state index contributed by atoms with van der Waals surface area (Å²) in [7, 11) is 0. The Morgan fingerprint density at radius 3 is 2.88 bits per heavy atom. The number of rotatable bonds is 6. The highest BCUT2D eigenvalue weighted by molar-refractivity contribution is 7.17. The lowest BCUT2D eigenvalue weighted by atomic mass is 10.1. The van der Waals surface area contributed by atoms with Crippen LogP contribution in [0.3, 0.4) is 0 Å². The van der Waals surface area contributed by atoms with Crippen molar-refractivity contribution in [3.05, 3.63) is 77.2 Å². The average Bonchev–Trinajstić information content (AvgIpc) is 3.08. The van der Waals surface area contributed by atoms with Gasteiger partial charge in [0.05, 0.1) is 0 Å². The number of carbonyl (C=O) groups excluding carboxylic acids is 1. The molecule has 1 N–H and O–H groups in total. The lowest BCUT2D eigenvalue weighted by molar-refractivity contribution is 0.140. The predicted molar refractivity (Wildman–Crippen MR) is 100 cm³/mol. The maximum Gasteiger partial charge on any atom is 0.407 e. The topological polar surface area (TPSA) is 38.3 Å². The third kappa shape index (κ3) is 4.70. The van der Waals surface area contributed by atoms with Crippen molar-refractivity contribution in [2.24, 2.45) is 0 Å². The van der Waals surface area contributed by atoms with Crippen LogP contribution in [-0.2, 0) is 11.3 Å². The molecule has 1 heterocycles. The summed E-state index contributed by atoms with van der Waals surface area (Å²) in [4.78, 5) is 11.6. The number of alkyl carbamates (subject to hydrolysis) is 1. The van der Waals surface area contributed by atoms with Crippen molar-refractivity contribution in [3.63, 3.8) is 0 Å². The molecule has 0 fully saturated rings. The summed E-state index contributed by atoms with van der Waals surface area (Å²) >= 11 is 1.75. The lowest BCUT2D eigenvalue weighted by Gasteiger charge is -2.05. The fourth-order valence-corrected chi connectivity index (χ4v) is 3.16. The van der Waals surface area contributed by atoms with Crippen LogP contribution in [0.5, 0.6) is 0 Å². The van der Waals surface area contributed by atoms with Gasteiger partial charge in [-0.3, -0.25) is 0 Å². The summed E-state index contributed by atoms with van der Waals surface area (Å²) in [6.45, 7) is 0.856. The van der Waals surface area contributed by atoms with Crippen LogP contribution in [0.2, 0.25) is 0 Å². The highest BCUT2D eigenvalue weighted by atomic mass is 32.1. The van der Waals surface area contributed by atoms with Crippen LogP contribution in [-0.4, -0.2) is 12.6 Å². The molecule has 0 radical (unpaired) electrons. The maximum absolute atomic E-state index is 11.6. The van der Waals surface area contributed by atoms with E-state index in [2.05, 4.69) is 47.1 Å². The van der Waals surface area contributed by atoms with Gasteiger partial charge in [0.15, 0.2) is 0 Å². The largest absolute Gasteiger partial charge is 0.445 e. The van der Waals surface area contributed by atoms with Crippen LogP contribution in [0.15, 0.2) is 66.1 Å². The fourth-order valence-electron chi connectivity index (χ4n) is 2.33. The van der Waals surface area contributed by atoms with E-state index in [4.69, 9.17) is 4.74 Å². The van der Waals surface area contributed by atoms with Crippen molar-refractivity contribution in [2.45, 2.75) is 13.0 Å². The van der Waals surface area contributed by atoms with E-state index in [1.165, 1.54) is 15.6 Å². The van der Waals surface area contributed by atoms with Crippen molar-refractivity contribution in [1.29, 1.82) is 0 Å². The molecule has 3 nitrogen and oxygen atoms in total. The summed E-state index contributed by atoms with van der Waals surface area (Å²) in [6.07, 6.45) is 4.53. The summed E-state index contributed by atoms with van der Waals surface area (Å²) in [5.41, 5.74) is 2.16. The Bertz CT molecular complexity index is 824. The van der Waals surface area contributed by atoms with Crippen molar-refractivity contribution >= 4 is 33.6 Å². The van der Waals surface area contributed by atoms with Crippen LogP contribution in [0.4, 0.5) is 4.79 Å². The van der Waals surface area contributed by atoms with Crippen LogP contribution in [0.25, 0.3) is 16.2 Å². The van der Waals surface area contributed by atoms with Crippen LogP contribution in [0.1, 0.15) is 17.5 Å². The Labute approximate surface area is 145 Å². The van der Waals surface area contributed by atoms with Gasteiger partial charge in [-0.05, 0) is 40.4 Å². The Kier molecular flexibility index (Phi) is 5.64. The molecular weight excluding hydrogens is 318 g/mol. The third-order valence-electron chi connectivity index (χ3n) is 3.58. The smallest absolute Gasteiger partial charge is 0.407 e. The molecule has 0 aliphatic rings. The normalized spacial score (nSPS) is 11.0. The van der Waals surface area contributed by atoms with E-state index in [1.54, 1.807) is 11.3 Å². The zero-order valence-corrected chi connectivity index (χ0v) is 14.1. The van der Waals surface area contributed by atoms with E-state index in [1.807, 2.05) is 30.3 Å². The molecule has 0 aliphatic carbocycles. The second kappa shape index (κ2) is 8.31. The molecule has 0 aliphatic heterocycles. The number of benzene rings is 2.